The van der Waals surface area contributed by atoms with Crippen LogP contribution in [0.4, 0.5) is 0 Å². The van der Waals surface area contributed by atoms with Crippen molar-refractivity contribution in [3.63, 3.8) is 0 Å². The van der Waals surface area contributed by atoms with Crippen molar-refractivity contribution in [2.45, 2.75) is 38.9 Å². The number of rotatable bonds is 8. The van der Waals surface area contributed by atoms with Crippen molar-refractivity contribution in [1.29, 1.82) is 0 Å². The van der Waals surface area contributed by atoms with Gasteiger partial charge in [0.2, 0.25) is 0 Å². The predicted molar refractivity (Wildman–Crippen MR) is 370 cm³/mol. The van der Waals surface area contributed by atoms with Crippen molar-refractivity contribution >= 4 is 90.1 Å². The summed E-state index contributed by atoms with van der Waals surface area (Å²) in [6.07, 6.45) is 0. The SMILES string of the molecule is CC1(C)OB(c2ccc(-c3nc(-c4ccccc4)nc(-c4ccccc4)n3)cc2)OC1(C)C.Clc1c2ccccc2nc2c1oc1ccccc12.c1ccc(-c2nc(-c3ccccc3)nc(-c3ccc(-c4c5ccccc5nc5c4oc4ccccc45)cc3)n2)cc1. The molecule has 1 fully saturated rings. The maximum absolute atomic E-state index is 6.41. The van der Waals surface area contributed by atoms with E-state index in [1.807, 2.05) is 224 Å². The van der Waals surface area contributed by atoms with Gasteiger partial charge in [0, 0.05) is 60.5 Å². The summed E-state index contributed by atoms with van der Waals surface area (Å²) in [5.74, 6) is 3.83. The third kappa shape index (κ3) is 11.1. The van der Waals surface area contributed by atoms with Crippen LogP contribution in [0.15, 0.2) is 276 Å². The Morgan fingerprint density at radius 1 is 0.293 bits per heavy atom. The lowest BCUT2D eigenvalue weighted by Crippen LogP contribution is -2.41. The number of hydrogen-bond acceptors (Lipinski definition) is 12. The summed E-state index contributed by atoms with van der Waals surface area (Å²) in [4.78, 5) is 38.5. The molecular weight excluding hydrogens is 1160 g/mol. The molecule has 0 aliphatic carbocycles. The van der Waals surface area contributed by atoms with Gasteiger partial charge in [0.25, 0.3) is 0 Å². The van der Waals surface area contributed by atoms with E-state index in [2.05, 4.69) is 75.1 Å². The van der Waals surface area contributed by atoms with E-state index in [0.717, 1.165) is 110 Å². The lowest BCUT2D eigenvalue weighted by molar-refractivity contribution is 0.00578. The molecule has 0 radical (unpaired) electrons. The Labute approximate surface area is 535 Å². The molecule has 1 aliphatic heterocycles. The van der Waals surface area contributed by atoms with Gasteiger partial charge in [0.1, 0.15) is 22.2 Å². The van der Waals surface area contributed by atoms with Gasteiger partial charge < -0.3 is 18.1 Å². The number of pyridine rings is 2. The molecule has 0 unspecified atom stereocenters. The third-order valence-electron chi connectivity index (χ3n) is 16.9. The van der Waals surface area contributed by atoms with Crippen LogP contribution in [0.5, 0.6) is 0 Å². The van der Waals surface area contributed by atoms with Crippen LogP contribution < -0.4 is 5.46 Å². The summed E-state index contributed by atoms with van der Waals surface area (Å²) in [5, 5.41) is 4.61. The average molecular weight is 1220 g/mol. The molecule has 12 nitrogen and oxygen atoms in total. The fourth-order valence-corrected chi connectivity index (χ4v) is 11.6. The molecule has 10 aromatic carbocycles. The molecule has 0 atom stereocenters. The average Bonchev–Trinajstić information content (AvgIpc) is 1.56. The van der Waals surface area contributed by atoms with Crippen LogP contribution in [0.25, 0.3) is 145 Å². The first kappa shape index (κ1) is 57.4. The van der Waals surface area contributed by atoms with Gasteiger partial charge in [-0.05, 0) is 75.1 Å². The van der Waals surface area contributed by atoms with Gasteiger partial charge in [-0.15, -0.1) is 0 Å². The van der Waals surface area contributed by atoms with E-state index in [-0.39, 0.29) is 11.2 Å². The molecule has 442 valence electrons. The molecular formula is C78H56BClN8O4. The Kier molecular flexibility index (Phi) is 15.0. The second kappa shape index (κ2) is 24.0. The number of fused-ring (bicyclic) bond motifs is 8. The first-order chi connectivity index (χ1) is 45.0. The Balaban J connectivity index is 0.000000123. The number of hydrogen-bond donors (Lipinski definition) is 0. The van der Waals surface area contributed by atoms with Gasteiger partial charge in [-0.2, -0.15) is 0 Å². The Morgan fingerprint density at radius 3 is 1.02 bits per heavy atom. The van der Waals surface area contributed by atoms with Crippen LogP contribution in [-0.4, -0.2) is 58.2 Å². The second-order valence-corrected chi connectivity index (χ2v) is 23.7. The van der Waals surface area contributed by atoms with Crippen LogP contribution in [0.3, 0.4) is 0 Å². The molecule has 92 heavy (non-hydrogen) atoms. The van der Waals surface area contributed by atoms with Crippen molar-refractivity contribution in [2.75, 3.05) is 0 Å². The van der Waals surface area contributed by atoms with Gasteiger partial charge in [-0.25, -0.2) is 39.9 Å². The Morgan fingerprint density at radius 2 is 0.598 bits per heavy atom. The van der Waals surface area contributed by atoms with Gasteiger partial charge in [0.15, 0.2) is 46.1 Å². The predicted octanol–water partition coefficient (Wildman–Crippen LogP) is 18.9. The summed E-state index contributed by atoms with van der Waals surface area (Å²) in [5.41, 5.74) is 14.5. The highest BCUT2D eigenvalue weighted by Gasteiger charge is 2.51. The quantitative estimate of drug-likeness (QED) is 0.133. The number of para-hydroxylation sites is 4. The minimum Gasteiger partial charge on any atom is -0.454 e. The Hall–Kier alpha value is -11.1. The maximum atomic E-state index is 6.41. The van der Waals surface area contributed by atoms with Crippen molar-refractivity contribution in [3.05, 3.63) is 272 Å². The third-order valence-corrected chi connectivity index (χ3v) is 17.2. The molecule has 16 aromatic rings. The van der Waals surface area contributed by atoms with E-state index in [9.17, 15) is 0 Å². The Bertz CT molecular complexity index is 5240. The number of aromatic nitrogens is 8. The van der Waals surface area contributed by atoms with Crippen LogP contribution in [0.2, 0.25) is 5.02 Å². The largest absolute Gasteiger partial charge is 0.494 e. The fraction of sp³-hybridized carbons (Fsp3) is 0.0769. The lowest BCUT2D eigenvalue weighted by atomic mass is 9.79. The van der Waals surface area contributed by atoms with Crippen molar-refractivity contribution in [2.24, 2.45) is 0 Å². The van der Waals surface area contributed by atoms with Crippen molar-refractivity contribution in [1.82, 2.24) is 39.9 Å². The number of nitrogens with zero attached hydrogens (tertiary/aromatic N) is 8. The summed E-state index contributed by atoms with van der Waals surface area (Å²) >= 11 is 6.41. The highest BCUT2D eigenvalue weighted by atomic mass is 35.5. The van der Waals surface area contributed by atoms with Crippen LogP contribution in [0, 0.1) is 0 Å². The van der Waals surface area contributed by atoms with E-state index < -0.39 is 7.12 Å². The molecule has 0 amide bonds. The fourth-order valence-electron chi connectivity index (χ4n) is 11.3. The number of furan rings is 2. The summed E-state index contributed by atoms with van der Waals surface area (Å²) in [7, 11) is -0.401. The molecule has 0 N–H and O–H groups in total. The lowest BCUT2D eigenvalue weighted by Gasteiger charge is -2.32. The van der Waals surface area contributed by atoms with E-state index in [0.29, 0.717) is 45.6 Å². The molecule has 6 aromatic heterocycles. The van der Waals surface area contributed by atoms with Crippen LogP contribution >= 0.6 is 11.6 Å². The molecule has 17 rings (SSSR count). The summed E-state index contributed by atoms with van der Waals surface area (Å²) in [6, 6.07) is 88.3. The highest BCUT2D eigenvalue weighted by Crippen LogP contribution is 2.41. The molecule has 14 heteroatoms. The first-order valence-corrected chi connectivity index (χ1v) is 30.7. The molecule has 1 saturated heterocycles. The zero-order valence-electron chi connectivity index (χ0n) is 50.6. The number of halogens is 1. The molecule has 0 saturated carbocycles. The van der Waals surface area contributed by atoms with Crippen molar-refractivity contribution < 1.29 is 18.1 Å². The summed E-state index contributed by atoms with van der Waals surface area (Å²) in [6.45, 7) is 8.23. The maximum Gasteiger partial charge on any atom is 0.494 e. The second-order valence-electron chi connectivity index (χ2n) is 23.4. The van der Waals surface area contributed by atoms with E-state index in [1.165, 1.54) is 0 Å². The topological polar surface area (TPSA) is 148 Å². The molecule has 1 aliphatic rings. The monoisotopic (exact) mass is 1210 g/mol. The summed E-state index contributed by atoms with van der Waals surface area (Å²) < 4.78 is 24.6. The van der Waals surface area contributed by atoms with Crippen LogP contribution in [-0.2, 0) is 9.31 Å². The molecule has 0 spiro atoms. The van der Waals surface area contributed by atoms with E-state index >= 15 is 0 Å². The first-order valence-electron chi connectivity index (χ1n) is 30.3. The van der Waals surface area contributed by atoms with Gasteiger partial charge in [-0.1, -0.05) is 242 Å². The standard InChI is InChI=1S/C36H22N4O.C27H26BN3O2.C15H8ClNO/c1-3-11-24(12-4-1)34-38-35(25-13-5-2-6-14-25)40-36(39-34)26-21-19-23(20-22-26)31-27-15-7-9-17-29(27)37-32-28-16-8-10-18-30(28)41-33(31)32;1-26(2)27(3,4)33-28(32-26)22-17-15-21(16-18-22)25-30-23(19-11-7-5-8-12-19)29-24(31-25)20-13-9-6-10-14-20;16-13-9-5-1-3-7-11(9)17-14-10-6-2-4-8-12(10)18-15(13)14/h1-22H;5-18H,1-4H3;1-8H. The van der Waals surface area contributed by atoms with E-state index in [1.54, 1.807) is 0 Å². The molecule has 0 bridgehead atoms. The smallest absolute Gasteiger partial charge is 0.454 e. The van der Waals surface area contributed by atoms with E-state index in [4.69, 9.17) is 64.6 Å². The molecule has 7 heterocycles. The van der Waals surface area contributed by atoms with Crippen LogP contribution in [0.1, 0.15) is 27.7 Å². The van der Waals surface area contributed by atoms with Crippen molar-refractivity contribution in [3.8, 4) is 79.5 Å². The zero-order chi connectivity index (χ0) is 62.3. The highest BCUT2D eigenvalue weighted by molar-refractivity contribution is 6.62. The minimum absolute atomic E-state index is 0.375. The minimum atomic E-state index is -0.401. The normalized spacial score (nSPS) is 13.3. The van der Waals surface area contributed by atoms with Gasteiger partial charge in [-0.3, -0.25) is 0 Å². The van der Waals surface area contributed by atoms with Gasteiger partial charge >= 0.3 is 7.12 Å². The zero-order valence-corrected chi connectivity index (χ0v) is 51.3. The number of benzene rings is 10. The van der Waals surface area contributed by atoms with Gasteiger partial charge in [0.05, 0.1) is 27.3 Å².